The molecule has 0 radical (unpaired) electrons. The fraction of sp³-hybridized carbons (Fsp3) is 0.364. The predicted molar refractivity (Wildman–Crippen MR) is 73.7 cm³/mol. The predicted octanol–water partition coefficient (Wildman–Crippen LogP) is 0.575. The number of rotatable bonds is 3. The Morgan fingerprint density at radius 2 is 2.32 bits per heavy atom. The maximum Gasteiger partial charge on any atom is 0.255 e. The molecule has 0 aliphatic heterocycles. The van der Waals surface area contributed by atoms with Crippen molar-refractivity contribution in [1.82, 2.24) is 19.9 Å². The van der Waals surface area contributed by atoms with Crippen LogP contribution in [0.5, 0.6) is 0 Å². The van der Waals surface area contributed by atoms with E-state index in [4.69, 9.17) is 5.73 Å². The average molecular weight is 328 g/mol. The first-order valence-corrected chi connectivity index (χ1v) is 6.36. The van der Waals surface area contributed by atoms with Crippen LogP contribution in [-0.4, -0.2) is 37.8 Å². The monoisotopic (exact) mass is 327 g/mol. The lowest BCUT2D eigenvalue weighted by Gasteiger charge is -2.23. The second-order valence-corrected chi connectivity index (χ2v) is 5.72. The molecule has 4 N–H and O–H groups in total. The van der Waals surface area contributed by atoms with Crippen molar-refractivity contribution in [1.29, 1.82) is 0 Å². The molecule has 2 heterocycles. The first kappa shape index (κ1) is 13.8. The quantitative estimate of drug-likeness (QED) is 0.764. The van der Waals surface area contributed by atoms with Crippen LogP contribution in [-0.2, 0) is 0 Å². The summed E-state index contributed by atoms with van der Waals surface area (Å²) in [6.45, 7) is 3.27. The Bertz CT molecular complexity index is 637. The highest BCUT2D eigenvalue weighted by molar-refractivity contribution is 9.10. The van der Waals surface area contributed by atoms with E-state index in [9.17, 15) is 9.90 Å². The highest BCUT2D eigenvalue weighted by Crippen LogP contribution is 2.18. The number of carbonyl (C=O) groups excluding carboxylic acids is 1. The van der Waals surface area contributed by atoms with Crippen molar-refractivity contribution >= 4 is 33.4 Å². The van der Waals surface area contributed by atoms with Gasteiger partial charge in [-0.1, -0.05) is 0 Å². The van der Waals surface area contributed by atoms with Gasteiger partial charge < -0.3 is 16.2 Å². The molecule has 0 aliphatic rings. The normalized spacial score (nSPS) is 11.8. The van der Waals surface area contributed by atoms with Crippen LogP contribution in [0.25, 0.3) is 5.65 Å². The Morgan fingerprint density at radius 1 is 1.63 bits per heavy atom. The van der Waals surface area contributed by atoms with Gasteiger partial charge in [-0.15, -0.1) is 5.10 Å². The topological polar surface area (TPSA) is 106 Å². The number of nitrogens with two attached hydrogens (primary N) is 1. The van der Waals surface area contributed by atoms with Crippen LogP contribution in [0.1, 0.15) is 24.2 Å². The summed E-state index contributed by atoms with van der Waals surface area (Å²) in [4.78, 5) is 16.2. The van der Waals surface area contributed by atoms with Crippen molar-refractivity contribution < 1.29 is 9.90 Å². The molecule has 0 aromatic carbocycles. The second kappa shape index (κ2) is 4.78. The smallest absolute Gasteiger partial charge is 0.255 e. The number of halogens is 1. The molecule has 2 rings (SSSR count). The zero-order valence-corrected chi connectivity index (χ0v) is 12.1. The van der Waals surface area contributed by atoms with Crippen LogP contribution >= 0.6 is 15.9 Å². The van der Waals surface area contributed by atoms with Gasteiger partial charge in [0, 0.05) is 10.7 Å². The number of nitrogen functional groups attached to an aromatic ring is 1. The lowest BCUT2D eigenvalue weighted by Crippen LogP contribution is -2.46. The number of amides is 1. The van der Waals surface area contributed by atoms with Gasteiger partial charge in [0.1, 0.15) is 0 Å². The Balaban J connectivity index is 2.47. The lowest BCUT2D eigenvalue weighted by molar-refractivity contribution is 0.0870. The van der Waals surface area contributed by atoms with Crippen molar-refractivity contribution in [2.45, 2.75) is 19.4 Å². The number of carbonyl (C=O) groups is 1. The molecule has 19 heavy (non-hydrogen) atoms. The fourth-order valence-corrected chi connectivity index (χ4v) is 1.97. The maximum atomic E-state index is 12.2. The Hall–Kier alpha value is -1.67. The molecule has 2 aromatic rings. The van der Waals surface area contributed by atoms with E-state index in [0.717, 1.165) is 0 Å². The third-order valence-electron chi connectivity index (χ3n) is 2.51. The molecule has 102 valence electrons. The molecule has 7 nitrogen and oxygen atoms in total. The first-order valence-electron chi connectivity index (χ1n) is 5.57. The van der Waals surface area contributed by atoms with Crippen molar-refractivity contribution in [3.63, 3.8) is 0 Å². The number of aromatic nitrogens is 3. The van der Waals surface area contributed by atoms with Gasteiger partial charge in [0.2, 0.25) is 5.95 Å². The van der Waals surface area contributed by atoms with Crippen molar-refractivity contribution in [2.24, 2.45) is 0 Å². The van der Waals surface area contributed by atoms with Crippen LogP contribution in [0.3, 0.4) is 0 Å². The molecule has 8 heteroatoms. The minimum absolute atomic E-state index is 0.0913. The van der Waals surface area contributed by atoms with E-state index < -0.39 is 5.54 Å². The molecular formula is C11H14BrN5O2. The van der Waals surface area contributed by atoms with E-state index in [1.807, 2.05) is 0 Å². The molecule has 0 saturated carbocycles. The molecule has 0 spiro atoms. The van der Waals surface area contributed by atoms with Gasteiger partial charge in [-0.2, -0.15) is 4.98 Å². The van der Waals surface area contributed by atoms with Crippen LogP contribution in [0.2, 0.25) is 0 Å². The largest absolute Gasteiger partial charge is 0.394 e. The number of hydrogen-bond acceptors (Lipinski definition) is 5. The van der Waals surface area contributed by atoms with Crippen LogP contribution < -0.4 is 11.1 Å². The summed E-state index contributed by atoms with van der Waals surface area (Å²) >= 11 is 3.30. The number of nitrogens with zero attached hydrogens (tertiary/aromatic N) is 3. The first-order chi connectivity index (χ1) is 8.82. The standard InChI is InChI=1S/C11H14BrN5O2/c1-11(2,5-18)15-9(19)7-3-6(12)4-17-8(7)14-10(13)16-17/h3-4,18H,5H2,1-2H3,(H2,13,16)(H,15,19). The van der Waals surface area contributed by atoms with E-state index >= 15 is 0 Å². The summed E-state index contributed by atoms with van der Waals surface area (Å²) in [7, 11) is 0. The highest BCUT2D eigenvalue weighted by atomic mass is 79.9. The van der Waals surface area contributed by atoms with Crippen LogP contribution in [0, 0.1) is 0 Å². The van der Waals surface area contributed by atoms with Gasteiger partial charge in [-0.3, -0.25) is 4.79 Å². The van der Waals surface area contributed by atoms with E-state index in [1.165, 1.54) is 4.52 Å². The third kappa shape index (κ3) is 2.85. The molecule has 2 aromatic heterocycles. The number of fused-ring (bicyclic) bond motifs is 1. The molecule has 0 saturated heterocycles. The van der Waals surface area contributed by atoms with Gasteiger partial charge in [-0.05, 0) is 35.8 Å². The summed E-state index contributed by atoms with van der Waals surface area (Å²) in [6.07, 6.45) is 1.66. The minimum atomic E-state index is -0.720. The van der Waals surface area contributed by atoms with Crippen molar-refractivity contribution in [2.75, 3.05) is 12.3 Å². The SMILES string of the molecule is CC(C)(CO)NC(=O)c1cc(Br)cn2nc(N)nc12. The Labute approximate surface area is 117 Å². The Kier molecular flexibility index (Phi) is 3.46. The van der Waals surface area contributed by atoms with Crippen molar-refractivity contribution in [3.05, 3.63) is 22.3 Å². The molecule has 0 aliphatic carbocycles. The molecule has 0 atom stereocenters. The summed E-state index contributed by atoms with van der Waals surface area (Å²) < 4.78 is 2.11. The molecule has 1 amide bonds. The number of aliphatic hydroxyl groups excluding tert-OH is 1. The highest BCUT2D eigenvalue weighted by Gasteiger charge is 2.22. The molecular weight excluding hydrogens is 314 g/mol. The zero-order valence-electron chi connectivity index (χ0n) is 10.5. The van der Waals surface area contributed by atoms with Gasteiger partial charge in [0.15, 0.2) is 5.65 Å². The molecule has 0 unspecified atom stereocenters. The Morgan fingerprint density at radius 3 is 2.95 bits per heavy atom. The number of pyridine rings is 1. The minimum Gasteiger partial charge on any atom is -0.394 e. The van der Waals surface area contributed by atoms with Gasteiger partial charge >= 0.3 is 0 Å². The second-order valence-electron chi connectivity index (χ2n) is 4.81. The number of nitrogens with one attached hydrogen (secondary N) is 1. The van der Waals surface area contributed by atoms with Crippen LogP contribution in [0.15, 0.2) is 16.7 Å². The molecule has 0 bridgehead atoms. The summed E-state index contributed by atoms with van der Waals surface area (Å²) in [5, 5.41) is 15.9. The summed E-state index contributed by atoms with van der Waals surface area (Å²) in [5.74, 6) is -0.258. The average Bonchev–Trinajstić information content (AvgIpc) is 2.67. The number of anilines is 1. The zero-order chi connectivity index (χ0) is 14.2. The van der Waals surface area contributed by atoms with E-state index in [1.54, 1.807) is 26.1 Å². The maximum absolute atomic E-state index is 12.2. The van der Waals surface area contributed by atoms with Gasteiger partial charge in [0.25, 0.3) is 5.91 Å². The van der Waals surface area contributed by atoms with Crippen LogP contribution in [0.4, 0.5) is 5.95 Å². The van der Waals surface area contributed by atoms with E-state index in [2.05, 4.69) is 31.3 Å². The molecule has 0 fully saturated rings. The summed E-state index contributed by atoms with van der Waals surface area (Å²) in [5.41, 5.74) is 5.51. The van der Waals surface area contributed by atoms with Crippen molar-refractivity contribution in [3.8, 4) is 0 Å². The van der Waals surface area contributed by atoms with Gasteiger partial charge in [0.05, 0.1) is 17.7 Å². The van der Waals surface area contributed by atoms with E-state index in [0.29, 0.717) is 15.7 Å². The fourth-order valence-electron chi connectivity index (χ4n) is 1.55. The van der Waals surface area contributed by atoms with Gasteiger partial charge in [-0.25, -0.2) is 4.52 Å². The lowest BCUT2D eigenvalue weighted by atomic mass is 10.1. The third-order valence-corrected chi connectivity index (χ3v) is 2.94. The number of aliphatic hydroxyl groups is 1. The van der Waals surface area contributed by atoms with E-state index in [-0.39, 0.29) is 18.5 Å². The number of hydrogen-bond donors (Lipinski definition) is 3. The summed E-state index contributed by atoms with van der Waals surface area (Å²) in [6, 6.07) is 1.63.